The molecular weight excluding hydrogens is 194 g/mol. The van der Waals surface area contributed by atoms with Crippen LogP contribution in [0.5, 0.6) is 0 Å². The van der Waals surface area contributed by atoms with E-state index in [0.717, 1.165) is 33.1 Å². The van der Waals surface area contributed by atoms with Crippen molar-refractivity contribution < 1.29 is 9.90 Å². The summed E-state index contributed by atoms with van der Waals surface area (Å²) < 4.78 is 0. The molecule has 86 valence electrons. The van der Waals surface area contributed by atoms with Gasteiger partial charge in [-0.2, -0.15) is 0 Å². The van der Waals surface area contributed by atoms with Gasteiger partial charge < -0.3 is 20.7 Å². The lowest BCUT2D eigenvalue weighted by atomic mass is 10.4. The number of nitrogens with one attached hydrogen (secondary N) is 3. The SMILES string of the molecule is C1CNCCN1.CC(=O)O.c1cc[nH]c1. The zero-order chi connectivity index (χ0) is 11.4. The van der Waals surface area contributed by atoms with Crippen molar-refractivity contribution in [3.8, 4) is 0 Å². The number of piperazine rings is 1. The zero-order valence-corrected chi connectivity index (χ0v) is 8.99. The Kier molecular flexibility index (Phi) is 9.80. The third kappa shape index (κ3) is 15.4. The minimum absolute atomic E-state index is 0.833. The molecule has 1 aromatic heterocycles. The molecule has 1 fully saturated rings. The molecule has 0 saturated carbocycles. The summed E-state index contributed by atoms with van der Waals surface area (Å²) in [5, 5.41) is 13.9. The van der Waals surface area contributed by atoms with Crippen molar-refractivity contribution in [3.63, 3.8) is 0 Å². The maximum atomic E-state index is 9.00. The van der Waals surface area contributed by atoms with Crippen LogP contribution in [0.4, 0.5) is 0 Å². The predicted molar refractivity (Wildman–Crippen MR) is 59.8 cm³/mol. The summed E-state index contributed by atoms with van der Waals surface area (Å²) in [5.41, 5.74) is 0. The van der Waals surface area contributed by atoms with E-state index in [4.69, 9.17) is 9.90 Å². The molecule has 1 aliphatic rings. The molecule has 0 spiro atoms. The largest absolute Gasteiger partial charge is 0.481 e. The van der Waals surface area contributed by atoms with Crippen molar-refractivity contribution in [2.24, 2.45) is 0 Å². The molecule has 0 atom stereocenters. The normalized spacial score (nSPS) is 13.9. The van der Waals surface area contributed by atoms with Crippen molar-refractivity contribution >= 4 is 5.97 Å². The summed E-state index contributed by atoms with van der Waals surface area (Å²) in [5.74, 6) is -0.833. The third-order valence-electron chi connectivity index (χ3n) is 1.45. The van der Waals surface area contributed by atoms with E-state index in [2.05, 4.69) is 15.6 Å². The van der Waals surface area contributed by atoms with Crippen molar-refractivity contribution in [1.82, 2.24) is 15.6 Å². The lowest BCUT2D eigenvalue weighted by molar-refractivity contribution is -0.134. The number of carboxylic acids is 1. The number of aliphatic carboxylic acids is 1. The average Bonchev–Trinajstić information content (AvgIpc) is 2.77. The molecule has 15 heavy (non-hydrogen) atoms. The molecule has 0 radical (unpaired) electrons. The van der Waals surface area contributed by atoms with Crippen LogP contribution in [0.2, 0.25) is 0 Å². The fourth-order valence-corrected chi connectivity index (χ4v) is 0.881. The zero-order valence-electron chi connectivity index (χ0n) is 8.99. The molecule has 2 rings (SSSR count). The highest BCUT2D eigenvalue weighted by Gasteiger charge is 1.91. The van der Waals surface area contributed by atoms with E-state index in [1.807, 2.05) is 24.5 Å². The average molecular weight is 213 g/mol. The number of hydrogen-bond donors (Lipinski definition) is 4. The number of carbonyl (C=O) groups is 1. The standard InChI is InChI=1S/C4H10N2.C4H5N.C2H4O2/c1-2-6-4-3-5-1;1-2-4-5-3-1;1-2(3)4/h5-6H,1-4H2;1-5H;1H3,(H,3,4). The van der Waals surface area contributed by atoms with E-state index < -0.39 is 5.97 Å². The molecule has 0 unspecified atom stereocenters. The Bertz CT molecular complexity index is 188. The van der Waals surface area contributed by atoms with Gasteiger partial charge >= 0.3 is 0 Å². The van der Waals surface area contributed by atoms with E-state index in [-0.39, 0.29) is 0 Å². The van der Waals surface area contributed by atoms with Gasteiger partial charge in [-0.25, -0.2) is 0 Å². The van der Waals surface area contributed by atoms with E-state index >= 15 is 0 Å². The topological polar surface area (TPSA) is 77.2 Å². The summed E-state index contributed by atoms with van der Waals surface area (Å²) in [7, 11) is 0. The third-order valence-corrected chi connectivity index (χ3v) is 1.45. The molecular formula is C10H19N3O2. The fourth-order valence-electron chi connectivity index (χ4n) is 0.881. The molecule has 0 aliphatic carbocycles. The van der Waals surface area contributed by atoms with Crippen LogP contribution in [-0.2, 0) is 4.79 Å². The number of rotatable bonds is 0. The Morgan fingerprint density at radius 2 is 1.40 bits per heavy atom. The van der Waals surface area contributed by atoms with Gasteiger partial charge in [-0.1, -0.05) is 0 Å². The summed E-state index contributed by atoms with van der Waals surface area (Å²) in [4.78, 5) is 11.9. The van der Waals surface area contributed by atoms with Crippen molar-refractivity contribution in [1.29, 1.82) is 0 Å². The van der Waals surface area contributed by atoms with Crippen LogP contribution in [0.1, 0.15) is 6.92 Å². The van der Waals surface area contributed by atoms with Gasteiger partial charge in [-0.3, -0.25) is 4.79 Å². The van der Waals surface area contributed by atoms with E-state index in [1.54, 1.807) is 0 Å². The van der Waals surface area contributed by atoms with Gasteiger partial charge in [0.05, 0.1) is 0 Å². The lowest BCUT2D eigenvalue weighted by Gasteiger charge is -2.11. The van der Waals surface area contributed by atoms with Gasteiger partial charge in [0.25, 0.3) is 5.97 Å². The van der Waals surface area contributed by atoms with E-state index in [1.165, 1.54) is 0 Å². The van der Waals surface area contributed by atoms with Gasteiger partial charge in [0.1, 0.15) is 0 Å². The maximum Gasteiger partial charge on any atom is 0.300 e. The van der Waals surface area contributed by atoms with Crippen LogP contribution in [0.15, 0.2) is 24.5 Å². The number of carboxylic acid groups (broad SMARTS) is 1. The number of H-pyrrole nitrogens is 1. The first kappa shape index (κ1) is 13.7. The fraction of sp³-hybridized carbons (Fsp3) is 0.500. The Hall–Kier alpha value is -1.33. The first-order chi connectivity index (χ1) is 7.23. The summed E-state index contributed by atoms with van der Waals surface area (Å²) in [6.45, 7) is 5.64. The quantitative estimate of drug-likeness (QED) is 0.499. The molecule has 1 saturated heterocycles. The molecule has 1 aliphatic heterocycles. The van der Waals surface area contributed by atoms with Gasteiger partial charge in [0, 0.05) is 45.5 Å². The second kappa shape index (κ2) is 10.7. The summed E-state index contributed by atoms with van der Waals surface area (Å²) in [6, 6.07) is 3.89. The second-order valence-corrected chi connectivity index (χ2v) is 2.90. The smallest absolute Gasteiger partial charge is 0.300 e. The van der Waals surface area contributed by atoms with Crippen molar-refractivity contribution in [2.45, 2.75) is 6.92 Å². The van der Waals surface area contributed by atoms with Crippen LogP contribution in [0, 0.1) is 0 Å². The van der Waals surface area contributed by atoms with Crippen LogP contribution < -0.4 is 10.6 Å². The molecule has 4 N–H and O–H groups in total. The summed E-state index contributed by atoms with van der Waals surface area (Å²) in [6.07, 6.45) is 3.75. The van der Waals surface area contributed by atoms with Crippen LogP contribution >= 0.6 is 0 Å². The molecule has 5 heteroatoms. The first-order valence-electron chi connectivity index (χ1n) is 4.92. The molecule has 0 aromatic carbocycles. The van der Waals surface area contributed by atoms with Gasteiger partial charge in [0.2, 0.25) is 0 Å². The van der Waals surface area contributed by atoms with Crippen molar-refractivity contribution in [3.05, 3.63) is 24.5 Å². The highest BCUT2D eigenvalue weighted by atomic mass is 16.4. The Morgan fingerprint density at radius 1 is 1.07 bits per heavy atom. The molecule has 0 amide bonds. The highest BCUT2D eigenvalue weighted by molar-refractivity contribution is 5.62. The lowest BCUT2D eigenvalue weighted by Crippen LogP contribution is -2.39. The Labute approximate surface area is 89.9 Å². The van der Waals surface area contributed by atoms with Crippen LogP contribution in [0.25, 0.3) is 0 Å². The number of hydrogen-bond acceptors (Lipinski definition) is 3. The first-order valence-corrected chi connectivity index (χ1v) is 4.92. The molecule has 5 nitrogen and oxygen atoms in total. The Balaban J connectivity index is 0.000000202. The predicted octanol–water partition coefficient (Wildman–Crippen LogP) is 0.285. The molecule has 0 bridgehead atoms. The maximum absolute atomic E-state index is 9.00. The molecule has 2 heterocycles. The van der Waals surface area contributed by atoms with Gasteiger partial charge in [0.15, 0.2) is 0 Å². The second-order valence-electron chi connectivity index (χ2n) is 2.90. The highest BCUT2D eigenvalue weighted by Crippen LogP contribution is 1.72. The van der Waals surface area contributed by atoms with Crippen LogP contribution in [-0.4, -0.2) is 42.2 Å². The monoisotopic (exact) mass is 213 g/mol. The minimum Gasteiger partial charge on any atom is -0.481 e. The molecule has 1 aromatic rings. The van der Waals surface area contributed by atoms with Crippen LogP contribution in [0.3, 0.4) is 0 Å². The summed E-state index contributed by atoms with van der Waals surface area (Å²) >= 11 is 0. The van der Waals surface area contributed by atoms with E-state index in [0.29, 0.717) is 0 Å². The number of aromatic nitrogens is 1. The van der Waals surface area contributed by atoms with Crippen molar-refractivity contribution in [2.75, 3.05) is 26.2 Å². The van der Waals surface area contributed by atoms with Gasteiger partial charge in [-0.05, 0) is 12.1 Å². The number of aromatic amines is 1. The Morgan fingerprint density at radius 3 is 1.53 bits per heavy atom. The minimum atomic E-state index is -0.833. The van der Waals surface area contributed by atoms with E-state index in [9.17, 15) is 0 Å². The van der Waals surface area contributed by atoms with Gasteiger partial charge in [-0.15, -0.1) is 0 Å².